The summed E-state index contributed by atoms with van der Waals surface area (Å²) in [5.41, 5.74) is 0.982. The molecule has 0 amide bonds. The predicted octanol–water partition coefficient (Wildman–Crippen LogP) is 3.31. The van der Waals surface area contributed by atoms with Crippen LogP contribution in [0.1, 0.15) is 32.6 Å². The second-order valence-electron chi connectivity index (χ2n) is 7.88. The van der Waals surface area contributed by atoms with Crippen LogP contribution in [0.4, 0.5) is 10.1 Å². The Hall–Kier alpha value is -1.09. The first kappa shape index (κ1) is 23.2. The van der Waals surface area contributed by atoms with Gasteiger partial charge < -0.3 is 20.4 Å². The summed E-state index contributed by atoms with van der Waals surface area (Å²) in [5, 5.41) is 7.01. The van der Waals surface area contributed by atoms with Crippen molar-refractivity contribution in [1.29, 1.82) is 0 Å². The number of nitrogens with one attached hydrogen (secondary N) is 2. The van der Waals surface area contributed by atoms with Crippen LogP contribution in [0.2, 0.25) is 0 Å². The molecule has 1 aromatic rings. The molecular weight excluding hydrogens is 468 g/mol. The standard InChI is InChI=1S/C21H34FN5.HI/c1-3-23-21(24-15-17-6-5-11-26(2)16-17)25-19-9-12-27(13-10-19)20-8-4-7-18(22)14-20;/h4,7-8,14,17,19H,3,5-6,9-13,15-16H2,1-2H3,(H2,23,24,25);1H. The topological polar surface area (TPSA) is 42.9 Å². The van der Waals surface area contributed by atoms with Crippen molar-refractivity contribution in [3.63, 3.8) is 0 Å². The van der Waals surface area contributed by atoms with E-state index in [1.807, 2.05) is 6.07 Å². The van der Waals surface area contributed by atoms with Crippen LogP contribution in [-0.4, -0.2) is 63.2 Å². The summed E-state index contributed by atoms with van der Waals surface area (Å²) in [6.07, 6.45) is 4.62. The van der Waals surface area contributed by atoms with Crippen molar-refractivity contribution in [2.45, 2.75) is 38.6 Å². The quantitative estimate of drug-likeness (QED) is 0.368. The van der Waals surface area contributed by atoms with E-state index < -0.39 is 0 Å². The molecule has 0 spiro atoms. The Morgan fingerprint density at radius 1 is 1.21 bits per heavy atom. The van der Waals surface area contributed by atoms with Crippen LogP contribution in [0, 0.1) is 11.7 Å². The Kier molecular flexibility index (Phi) is 9.77. The zero-order valence-corrected chi connectivity index (χ0v) is 19.5. The predicted molar refractivity (Wildman–Crippen MR) is 126 cm³/mol. The maximum absolute atomic E-state index is 13.5. The summed E-state index contributed by atoms with van der Waals surface area (Å²) in [7, 11) is 2.20. The minimum absolute atomic E-state index is 0. The average molecular weight is 503 g/mol. The van der Waals surface area contributed by atoms with Crippen molar-refractivity contribution in [3.05, 3.63) is 30.1 Å². The maximum Gasteiger partial charge on any atom is 0.191 e. The maximum atomic E-state index is 13.5. The molecule has 0 aromatic heterocycles. The van der Waals surface area contributed by atoms with E-state index >= 15 is 0 Å². The lowest BCUT2D eigenvalue weighted by atomic mass is 9.99. The van der Waals surface area contributed by atoms with E-state index in [4.69, 9.17) is 4.99 Å². The molecule has 2 N–H and O–H groups in total. The number of nitrogens with zero attached hydrogens (tertiary/aromatic N) is 3. The SMILES string of the molecule is CCNC(=NCC1CCCN(C)C1)NC1CCN(c2cccc(F)c2)CC1.I. The summed E-state index contributed by atoms with van der Waals surface area (Å²) >= 11 is 0. The molecule has 5 nitrogen and oxygen atoms in total. The number of aliphatic imine (C=N–C) groups is 1. The van der Waals surface area contributed by atoms with Crippen LogP contribution in [0.3, 0.4) is 0 Å². The molecular formula is C21H35FIN5. The van der Waals surface area contributed by atoms with Crippen LogP contribution in [-0.2, 0) is 0 Å². The molecule has 2 aliphatic heterocycles. The lowest BCUT2D eigenvalue weighted by Crippen LogP contribution is -2.49. The first-order valence-electron chi connectivity index (χ1n) is 10.4. The molecule has 2 aliphatic rings. The van der Waals surface area contributed by atoms with Gasteiger partial charge in [0.1, 0.15) is 5.82 Å². The van der Waals surface area contributed by atoms with Gasteiger partial charge in [0.05, 0.1) is 0 Å². The zero-order valence-electron chi connectivity index (χ0n) is 17.2. The highest BCUT2D eigenvalue weighted by molar-refractivity contribution is 14.0. The van der Waals surface area contributed by atoms with Crippen LogP contribution in [0.5, 0.6) is 0 Å². The molecule has 2 heterocycles. The summed E-state index contributed by atoms with van der Waals surface area (Å²) in [6, 6.07) is 7.32. The van der Waals surface area contributed by atoms with Gasteiger partial charge in [-0.05, 0) is 70.3 Å². The van der Waals surface area contributed by atoms with Gasteiger partial charge in [0, 0.05) is 44.5 Å². The Morgan fingerprint density at radius 3 is 2.68 bits per heavy atom. The van der Waals surface area contributed by atoms with Crippen LogP contribution >= 0.6 is 24.0 Å². The molecule has 7 heteroatoms. The number of anilines is 1. The van der Waals surface area contributed by atoms with E-state index in [1.165, 1.54) is 25.5 Å². The Morgan fingerprint density at radius 2 is 2.00 bits per heavy atom. The second kappa shape index (κ2) is 11.8. The molecule has 1 unspecified atom stereocenters. The second-order valence-corrected chi connectivity index (χ2v) is 7.88. The van der Waals surface area contributed by atoms with E-state index in [2.05, 4.69) is 34.4 Å². The van der Waals surface area contributed by atoms with Gasteiger partial charge in [0.2, 0.25) is 0 Å². The minimum Gasteiger partial charge on any atom is -0.371 e. The molecule has 0 saturated carbocycles. The smallest absolute Gasteiger partial charge is 0.191 e. The Labute approximate surface area is 186 Å². The molecule has 0 aliphatic carbocycles. The van der Waals surface area contributed by atoms with Gasteiger partial charge in [-0.1, -0.05) is 6.07 Å². The van der Waals surface area contributed by atoms with Gasteiger partial charge in [-0.15, -0.1) is 24.0 Å². The fourth-order valence-electron chi connectivity index (χ4n) is 4.11. The van der Waals surface area contributed by atoms with Gasteiger partial charge in [0.15, 0.2) is 5.96 Å². The molecule has 0 bridgehead atoms. The molecule has 1 aromatic carbocycles. The number of hydrogen-bond donors (Lipinski definition) is 2. The number of guanidine groups is 1. The minimum atomic E-state index is -0.164. The number of halogens is 2. The van der Waals surface area contributed by atoms with E-state index in [1.54, 1.807) is 12.1 Å². The van der Waals surface area contributed by atoms with Crippen molar-refractivity contribution in [2.24, 2.45) is 10.9 Å². The van der Waals surface area contributed by atoms with E-state index in [-0.39, 0.29) is 29.8 Å². The van der Waals surface area contributed by atoms with Gasteiger partial charge >= 0.3 is 0 Å². The molecule has 1 atom stereocenters. The van der Waals surface area contributed by atoms with Crippen LogP contribution in [0.15, 0.2) is 29.3 Å². The van der Waals surface area contributed by atoms with Crippen LogP contribution < -0.4 is 15.5 Å². The average Bonchev–Trinajstić information content (AvgIpc) is 2.67. The highest BCUT2D eigenvalue weighted by Crippen LogP contribution is 2.21. The lowest BCUT2D eigenvalue weighted by molar-refractivity contribution is 0.214. The molecule has 28 heavy (non-hydrogen) atoms. The van der Waals surface area contributed by atoms with Crippen molar-refractivity contribution in [2.75, 3.05) is 51.2 Å². The molecule has 0 radical (unpaired) electrons. The number of rotatable bonds is 5. The van der Waals surface area contributed by atoms with Crippen LogP contribution in [0.25, 0.3) is 0 Å². The Balaban J connectivity index is 0.00000280. The highest BCUT2D eigenvalue weighted by atomic mass is 127. The van der Waals surface area contributed by atoms with Gasteiger partial charge in [-0.2, -0.15) is 0 Å². The monoisotopic (exact) mass is 503 g/mol. The molecule has 2 fully saturated rings. The summed E-state index contributed by atoms with van der Waals surface area (Å²) in [6.45, 7) is 8.11. The van der Waals surface area contributed by atoms with Crippen molar-refractivity contribution in [3.8, 4) is 0 Å². The third kappa shape index (κ3) is 7.06. The zero-order chi connectivity index (χ0) is 19.1. The van der Waals surface area contributed by atoms with E-state index in [9.17, 15) is 4.39 Å². The number of hydrogen-bond acceptors (Lipinski definition) is 3. The van der Waals surface area contributed by atoms with E-state index in [0.717, 1.165) is 57.2 Å². The van der Waals surface area contributed by atoms with Crippen molar-refractivity contribution >= 4 is 35.6 Å². The number of likely N-dealkylation sites (tertiary alicyclic amines) is 1. The fourth-order valence-corrected chi connectivity index (χ4v) is 4.11. The third-order valence-corrected chi connectivity index (χ3v) is 5.58. The first-order valence-corrected chi connectivity index (χ1v) is 10.4. The molecule has 158 valence electrons. The molecule has 3 rings (SSSR count). The number of benzene rings is 1. The summed E-state index contributed by atoms with van der Waals surface area (Å²) in [5.74, 6) is 1.44. The largest absolute Gasteiger partial charge is 0.371 e. The Bertz CT molecular complexity index is 619. The van der Waals surface area contributed by atoms with Crippen molar-refractivity contribution < 1.29 is 4.39 Å². The normalized spacial score (nSPS) is 21.9. The van der Waals surface area contributed by atoms with Gasteiger partial charge in [-0.25, -0.2) is 4.39 Å². The van der Waals surface area contributed by atoms with E-state index in [0.29, 0.717) is 12.0 Å². The third-order valence-electron chi connectivity index (χ3n) is 5.58. The highest BCUT2D eigenvalue weighted by Gasteiger charge is 2.21. The number of piperidine rings is 2. The lowest BCUT2D eigenvalue weighted by Gasteiger charge is -2.34. The fraction of sp³-hybridized carbons (Fsp3) is 0.667. The van der Waals surface area contributed by atoms with Gasteiger partial charge in [-0.3, -0.25) is 4.99 Å². The van der Waals surface area contributed by atoms with Gasteiger partial charge in [0.25, 0.3) is 0 Å². The van der Waals surface area contributed by atoms with Crippen molar-refractivity contribution in [1.82, 2.24) is 15.5 Å². The summed E-state index contributed by atoms with van der Waals surface area (Å²) in [4.78, 5) is 9.53. The first-order chi connectivity index (χ1) is 13.1. The molecule has 2 saturated heterocycles. The summed E-state index contributed by atoms with van der Waals surface area (Å²) < 4.78 is 13.5.